The molecule has 1 aliphatic rings. The molecule has 1 aliphatic heterocycles. The molecule has 2 N–H and O–H groups in total. The van der Waals surface area contributed by atoms with E-state index in [-0.39, 0.29) is 31.4 Å². The fourth-order valence-electron chi connectivity index (χ4n) is 3.06. The third kappa shape index (κ3) is 4.26. The molecule has 148 valence electrons. The van der Waals surface area contributed by atoms with Crippen molar-refractivity contribution < 1.29 is 26.0 Å². The van der Waals surface area contributed by atoms with Gasteiger partial charge in [0.15, 0.2) is 0 Å². The number of hydrogen-bond donors (Lipinski definition) is 1. The molecule has 2 atom stereocenters. The zero-order valence-electron chi connectivity index (χ0n) is 13.9. The van der Waals surface area contributed by atoms with E-state index in [1.807, 2.05) is 0 Å². The SMILES string of the molecule is Cl.N[C@@H]1CN(S(=O)(=O)c2cc(C(F)(F)F)ccc2F)C[C@H]1c1ccccc1. The van der Waals surface area contributed by atoms with Crippen LogP contribution < -0.4 is 5.73 Å². The van der Waals surface area contributed by atoms with Crippen molar-refractivity contribution in [1.82, 2.24) is 4.31 Å². The average Bonchev–Trinajstić information content (AvgIpc) is 2.97. The number of hydrogen-bond acceptors (Lipinski definition) is 3. The van der Waals surface area contributed by atoms with E-state index in [1.165, 1.54) is 0 Å². The summed E-state index contributed by atoms with van der Waals surface area (Å²) < 4.78 is 79.0. The van der Waals surface area contributed by atoms with Crippen LogP contribution >= 0.6 is 12.4 Å². The van der Waals surface area contributed by atoms with Crippen LogP contribution in [0.3, 0.4) is 0 Å². The van der Waals surface area contributed by atoms with Gasteiger partial charge in [-0.05, 0) is 23.8 Å². The molecule has 0 spiro atoms. The van der Waals surface area contributed by atoms with Crippen LogP contribution in [0.15, 0.2) is 53.4 Å². The summed E-state index contributed by atoms with van der Waals surface area (Å²) in [5.74, 6) is -1.55. The second-order valence-electron chi connectivity index (χ2n) is 6.15. The minimum absolute atomic E-state index is 0. The third-order valence-electron chi connectivity index (χ3n) is 4.44. The average molecular weight is 425 g/mol. The molecule has 0 radical (unpaired) electrons. The lowest BCUT2D eigenvalue weighted by Gasteiger charge is -2.18. The molecule has 2 aromatic rings. The van der Waals surface area contributed by atoms with E-state index in [9.17, 15) is 26.0 Å². The largest absolute Gasteiger partial charge is 0.416 e. The van der Waals surface area contributed by atoms with Gasteiger partial charge in [0.05, 0.1) is 5.56 Å². The molecule has 4 nitrogen and oxygen atoms in total. The normalized spacial score (nSPS) is 21.1. The van der Waals surface area contributed by atoms with Crippen LogP contribution in [-0.2, 0) is 16.2 Å². The van der Waals surface area contributed by atoms with Crippen molar-refractivity contribution in [3.63, 3.8) is 0 Å². The maximum Gasteiger partial charge on any atom is 0.416 e. The van der Waals surface area contributed by atoms with Crippen LogP contribution in [0.4, 0.5) is 17.6 Å². The molecule has 0 aromatic heterocycles. The van der Waals surface area contributed by atoms with E-state index in [4.69, 9.17) is 5.73 Å². The molecule has 0 saturated carbocycles. The second kappa shape index (κ2) is 7.75. The highest BCUT2D eigenvalue weighted by atomic mass is 35.5. The Kier molecular flexibility index (Phi) is 6.20. The third-order valence-corrected chi connectivity index (χ3v) is 6.28. The van der Waals surface area contributed by atoms with Crippen molar-refractivity contribution in [2.75, 3.05) is 13.1 Å². The fraction of sp³-hybridized carbons (Fsp3) is 0.294. The van der Waals surface area contributed by atoms with Crippen LogP contribution in [0.5, 0.6) is 0 Å². The van der Waals surface area contributed by atoms with Crippen LogP contribution in [0, 0.1) is 5.82 Å². The predicted molar refractivity (Wildman–Crippen MR) is 94.6 cm³/mol. The van der Waals surface area contributed by atoms with Crippen molar-refractivity contribution in [2.24, 2.45) is 5.73 Å². The van der Waals surface area contributed by atoms with Crippen molar-refractivity contribution in [3.05, 3.63) is 65.5 Å². The number of nitrogens with zero attached hydrogens (tertiary/aromatic N) is 1. The first kappa shape index (κ1) is 21.6. The number of benzene rings is 2. The molecule has 0 bridgehead atoms. The van der Waals surface area contributed by atoms with E-state index < -0.39 is 38.5 Å². The van der Waals surface area contributed by atoms with Crippen LogP contribution in [-0.4, -0.2) is 31.9 Å². The Morgan fingerprint density at radius 1 is 1.04 bits per heavy atom. The molecular weight excluding hydrogens is 408 g/mol. The summed E-state index contributed by atoms with van der Waals surface area (Å²) in [7, 11) is -4.45. The highest BCUT2D eigenvalue weighted by Crippen LogP contribution is 2.35. The first-order chi connectivity index (χ1) is 12.1. The first-order valence-electron chi connectivity index (χ1n) is 7.78. The highest BCUT2D eigenvalue weighted by molar-refractivity contribution is 7.89. The molecule has 1 saturated heterocycles. The van der Waals surface area contributed by atoms with E-state index in [2.05, 4.69) is 0 Å². The molecule has 0 aliphatic carbocycles. The minimum atomic E-state index is -4.77. The molecular formula is C17H17ClF4N2O2S. The Labute approximate surface area is 160 Å². The van der Waals surface area contributed by atoms with E-state index >= 15 is 0 Å². The molecule has 1 fully saturated rings. The standard InChI is InChI=1S/C17H16F4N2O2S.ClH/c18-14-7-6-12(17(19,20)21)8-16(14)26(24,25)23-9-13(15(22)10-23)11-4-2-1-3-5-11;/h1-8,13,15H,9-10,22H2;1H/t13-,15+;/m0./s1. The van der Waals surface area contributed by atoms with Crippen molar-refractivity contribution in [1.29, 1.82) is 0 Å². The van der Waals surface area contributed by atoms with E-state index in [0.717, 1.165) is 9.87 Å². The Morgan fingerprint density at radius 3 is 2.26 bits per heavy atom. The number of sulfonamides is 1. The number of nitrogens with two attached hydrogens (primary N) is 1. The Bertz CT molecular complexity index is 907. The zero-order valence-corrected chi connectivity index (χ0v) is 15.5. The van der Waals surface area contributed by atoms with Crippen molar-refractivity contribution in [2.45, 2.75) is 23.0 Å². The lowest BCUT2D eigenvalue weighted by atomic mass is 9.95. The van der Waals surface area contributed by atoms with Crippen LogP contribution in [0.1, 0.15) is 17.0 Å². The number of halogens is 5. The molecule has 3 rings (SSSR count). The quantitative estimate of drug-likeness (QED) is 0.768. The van der Waals surface area contributed by atoms with Crippen LogP contribution in [0.2, 0.25) is 0 Å². The van der Waals surface area contributed by atoms with Gasteiger partial charge in [0.25, 0.3) is 0 Å². The van der Waals surface area contributed by atoms with Gasteiger partial charge in [-0.25, -0.2) is 12.8 Å². The van der Waals surface area contributed by atoms with Crippen LogP contribution in [0.25, 0.3) is 0 Å². The van der Waals surface area contributed by atoms with Gasteiger partial charge in [-0.3, -0.25) is 0 Å². The second-order valence-corrected chi connectivity index (χ2v) is 8.05. The molecule has 1 heterocycles. The van der Waals surface area contributed by atoms with Gasteiger partial charge in [-0.2, -0.15) is 17.5 Å². The highest BCUT2D eigenvalue weighted by Gasteiger charge is 2.40. The maximum atomic E-state index is 14.0. The fourth-order valence-corrected chi connectivity index (χ4v) is 4.65. The van der Waals surface area contributed by atoms with Gasteiger partial charge >= 0.3 is 6.18 Å². The lowest BCUT2D eigenvalue weighted by molar-refractivity contribution is -0.137. The Morgan fingerprint density at radius 2 is 1.67 bits per heavy atom. The topological polar surface area (TPSA) is 63.4 Å². The minimum Gasteiger partial charge on any atom is -0.326 e. The summed E-state index contributed by atoms with van der Waals surface area (Å²) >= 11 is 0. The smallest absolute Gasteiger partial charge is 0.326 e. The Balaban J connectivity index is 0.00000261. The summed E-state index contributed by atoms with van der Waals surface area (Å²) in [5.41, 5.74) is 5.63. The van der Waals surface area contributed by atoms with Gasteiger partial charge in [-0.15, -0.1) is 12.4 Å². The molecule has 0 amide bonds. The van der Waals surface area contributed by atoms with E-state index in [1.54, 1.807) is 30.3 Å². The lowest BCUT2D eigenvalue weighted by Crippen LogP contribution is -2.32. The molecule has 10 heteroatoms. The van der Waals surface area contributed by atoms with Crippen molar-refractivity contribution in [3.8, 4) is 0 Å². The Hall–Kier alpha value is -1.68. The number of rotatable bonds is 3. The maximum absolute atomic E-state index is 14.0. The first-order valence-corrected chi connectivity index (χ1v) is 9.22. The summed E-state index contributed by atoms with van der Waals surface area (Å²) in [6.07, 6.45) is -4.77. The summed E-state index contributed by atoms with van der Waals surface area (Å²) in [6, 6.07) is 9.77. The molecule has 27 heavy (non-hydrogen) atoms. The summed E-state index contributed by atoms with van der Waals surface area (Å²) in [4.78, 5) is -0.992. The molecule has 2 aromatic carbocycles. The predicted octanol–water partition coefficient (Wildman–Crippen LogP) is 3.38. The number of alkyl halides is 3. The summed E-state index contributed by atoms with van der Waals surface area (Å²) in [5, 5.41) is 0. The van der Waals surface area contributed by atoms with Crippen molar-refractivity contribution >= 4 is 22.4 Å². The van der Waals surface area contributed by atoms with Gasteiger partial charge in [0.1, 0.15) is 10.7 Å². The van der Waals surface area contributed by atoms with E-state index in [0.29, 0.717) is 18.2 Å². The van der Waals surface area contributed by atoms with Gasteiger partial charge in [0, 0.05) is 25.0 Å². The van der Waals surface area contributed by atoms with Gasteiger partial charge in [-0.1, -0.05) is 30.3 Å². The molecule has 0 unspecified atom stereocenters. The zero-order chi connectivity index (χ0) is 19.1. The van der Waals surface area contributed by atoms with Gasteiger partial charge < -0.3 is 5.73 Å². The van der Waals surface area contributed by atoms with Gasteiger partial charge in [0.2, 0.25) is 10.0 Å². The summed E-state index contributed by atoms with van der Waals surface area (Å²) in [6.45, 7) is -0.124. The monoisotopic (exact) mass is 424 g/mol.